The van der Waals surface area contributed by atoms with E-state index >= 15 is 0 Å². The molecule has 1 aliphatic carbocycles. The molecule has 1 aromatic carbocycles. The van der Waals surface area contributed by atoms with E-state index in [9.17, 15) is 4.79 Å². The summed E-state index contributed by atoms with van der Waals surface area (Å²) in [6, 6.07) is 9.54. The minimum atomic E-state index is -0.436. The molecule has 1 nitrogen and oxygen atoms in total. The number of benzene rings is 1. The molecule has 1 fully saturated rings. The predicted molar refractivity (Wildman–Crippen MR) is 52.8 cm³/mol. The molecule has 0 spiro atoms. The van der Waals surface area contributed by atoms with Gasteiger partial charge in [0.05, 0.1) is 0 Å². The number of hydrogen-bond acceptors (Lipinski definition) is 1. The van der Waals surface area contributed by atoms with Crippen LogP contribution in [0.5, 0.6) is 0 Å². The van der Waals surface area contributed by atoms with Crippen LogP contribution in [-0.2, 0) is 4.79 Å². The molecule has 0 aromatic heterocycles. The van der Waals surface area contributed by atoms with E-state index in [0.29, 0.717) is 0 Å². The smallest absolute Gasteiger partial charge is 0.158 e. The van der Waals surface area contributed by atoms with Gasteiger partial charge in [-0.05, 0) is 18.4 Å². The molecular formula is C11H11ClO. The monoisotopic (exact) mass is 194 g/mol. The molecule has 2 rings (SSSR count). The molecule has 0 unspecified atom stereocenters. The van der Waals surface area contributed by atoms with Crippen LogP contribution >= 0.6 is 11.6 Å². The maximum absolute atomic E-state index is 11.6. The maximum Gasteiger partial charge on any atom is 0.158 e. The minimum Gasteiger partial charge on any atom is -0.297 e. The summed E-state index contributed by atoms with van der Waals surface area (Å²) in [5.41, 5.74) is 0.918. The molecule has 0 heterocycles. The molecular weight excluding hydrogens is 184 g/mol. The Bertz CT molecular complexity index is 303. The molecule has 0 N–H and O–H groups in total. The summed E-state index contributed by atoms with van der Waals surface area (Å²) >= 11 is 6.04. The first-order valence-corrected chi connectivity index (χ1v) is 4.95. The second-order valence-corrected chi connectivity index (χ2v) is 3.89. The zero-order valence-electron chi connectivity index (χ0n) is 7.24. The molecule has 0 bridgehead atoms. The van der Waals surface area contributed by atoms with Crippen LogP contribution < -0.4 is 0 Å². The van der Waals surface area contributed by atoms with Crippen LogP contribution in [0.1, 0.15) is 23.8 Å². The number of Topliss-reactive ketones (excluding diaryl/α,β-unsaturated/α-hetero) is 1. The zero-order valence-corrected chi connectivity index (χ0v) is 8.00. The van der Waals surface area contributed by atoms with Gasteiger partial charge in [-0.25, -0.2) is 0 Å². The lowest BCUT2D eigenvalue weighted by Crippen LogP contribution is -2.08. The van der Waals surface area contributed by atoms with Gasteiger partial charge in [-0.3, -0.25) is 4.79 Å². The van der Waals surface area contributed by atoms with Crippen molar-refractivity contribution in [1.29, 1.82) is 0 Å². The van der Waals surface area contributed by atoms with Crippen LogP contribution in [0.15, 0.2) is 30.3 Å². The molecule has 2 heteroatoms. The van der Waals surface area contributed by atoms with Crippen LogP contribution in [0.25, 0.3) is 0 Å². The summed E-state index contributed by atoms with van der Waals surface area (Å²) in [4.78, 5) is 11.6. The van der Waals surface area contributed by atoms with Gasteiger partial charge in [0.1, 0.15) is 5.38 Å². The average molecular weight is 195 g/mol. The highest BCUT2D eigenvalue weighted by atomic mass is 35.5. The number of alkyl halides is 1. The Hall–Kier alpha value is -0.820. The Kier molecular flexibility index (Phi) is 2.36. The van der Waals surface area contributed by atoms with Gasteiger partial charge in [0.2, 0.25) is 0 Å². The Morgan fingerprint density at radius 3 is 2.46 bits per heavy atom. The van der Waals surface area contributed by atoms with E-state index in [4.69, 9.17) is 11.6 Å². The first kappa shape index (κ1) is 8.76. The van der Waals surface area contributed by atoms with Crippen molar-refractivity contribution < 1.29 is 4.79 Å². The normalized spacial score (nSPS) is 18.2. The Labute approximate surface area is 82.7 Å². The second kappa shape index (κ2) is 3.51. The predicted octanol–water partition coefficient (Wildman–Crippen LogP) is 2.95. The molecule has 1 saturated carbocycles. The van der Waals surface area contributed by atoms with Crippen LogP contribution in [0.3, 0.4) is 0 Å². The SMILES string of the molecule is O=C(C1CC1)[C@H](Cl)c1ccccc1. The highest BCUT2D eigenvalue weighted by Crippen LogP contribution is 2.37. The molecule has 1 atom stereocenters. The van der Waals surface area contributed by atoms with Gasteiger partial charge in [-0.15, -0.1) is 11.6 Å². The van der Waals surface area contributed by atoms with Crippen LogP contribution in [0.2, 0.25) is 0 Å². The van der Waals surface area contributed by atoms with Crippen LogP contribution in [0, 0.1) is 5.92 Å². The van der Waals surface area contributed by atoms with Crippen molar-refractivity contribution in [2.24, 2.45) is 5.92 Å². The van der Waals surface area contributed by atoms with E-state index in [1.54, 1.807) is 0 Å². The zero-order chi connectivity index (χ0) is 9.26. The van der Waals surface area contributed by atoms with E-state index in [1.807, 2.05) is 30.3 Å². The Balaban J connectivity index is 2.12. The highest BCUT2D eigenvalue weighted by molar-refractivity contribution is 6.31. The summed E-state index contributed by atoms with van der Waals surface area (Å²) in [6.45, 7) is 0. The molecule has 0 amide bonds. The molecule has 0 aliphatic heterocycles. The fourth-order valence-electron chi connectivity index (χ4n) is 1.36. The fraction of sp³-hybridized carbons (Fsp3) is 0.364. The van der Waals surface area contributed by atoms with E-state index in [2.05, 4.69) is 0 Å². The van der Waals surface area contributed by atoms with E-state index in [1.165, 1.54) is 0 Å². The van der Waals surface area contributed by atoms with E-state index in [0.717, 1.165) is 18.4 Å². The van der Waals surface area contributed by atoms with Crippen molar-refractivity contribution in [3.63, 3.8) is 0 Å². The molecule has 1 aromatic rings. The van der Waals surface area contributed by atoms with E-state index < -0.39 is 5.38 Å². The minimum absolute atomic E-state index is 0.188. The summed E-state index contributed by atoms with van der Waals surface area (Å²) in [5.74, 6) is 0.426. The third-order valence-electron chi connectivity index (χ3n) is 2.32. The quantitative estimate of drug-likeness (QED) is 0.677. The summed E-state index contributed by atoms with van der Waals surface area (Å²) in [5, 5.41) is -0.436. The Morgan fingerprint density at radius 2 is 1.92 bits per heavy atom. The largest absolute Gasteiger partial charge is 0.297 e. The highest BCUT2D eigenvalue weighted by Gasteiger charge is 2.34. The van der Waals surface area contributed by atoms with Crippen molar-refractivity contribution in [1.82, 2.24) is 0 Å². The summed E-state index contributed by atoms with van der Waals surface area (Å²) in [6.07, 6.45) is 2.05. The van der Waals surface area contributed by atoms with Gasteiger partial charge < -0.3 is 0 Å². The standard InChI is InChI=1S/C11H11ClO/c12-10(11(13)9-6-7-9)8-4-2-1-3-5-8/h1-5,9-10H,6-7H2/t10-/m1/s1. The lowest BCUT2D eigenvalue weighted by molar-refractivity contribution is -0.120. The number of carbonyl (C=O) groups is 1. The lowest BCUT2D eigenvalue weighted by atomic mass is 10.1. The van der Waals surface area contributed by atoms with Crippen LogP contribution in [-0.4, -0.2) is 5.78 Å². The number of hydrogen-bond donors (Lipinski definition) is 0. The number of ketones is 1. The van der Waals surface area contributed by atoms with Crippen molar-refractivity contribution in [2.75, 3.05) is 0 Å². The van der Waals surface area contributed by atoms with Crippen molar-refractivity contribution in [3.8, 4) is 0 Å². The maximum atomic E-state index is 11.6. The van der Waals surface area contributed by atoms with Crippen molar-refractivity contribution in [2.45, 2.75) is 18.2 Å². The lowest BCUT2D eigenvalue weighted by Gasteiger charge is -2.06. The number of carbonyl (C=O) groups excluding carboxylic acids is 1. The molecule has 0 radical (unpaired) electrons. The van der Waals surface area contributed by atoms with Crippen molar-refractivity contribution >= 4 is 17.4 Å². The molecule has 0 saturated heterocycles. The Morgan fingerprint density at radius 1 is 1.31 bits per heavy atom. The van der Waals surface area contributed by atoms with Gasteiger partial charge in [-0.1, -0.05) is 30.3 Å². The van der Waals surface area contributed by atoms with Gasteiger partial charge >= 0.3 is 0 Å². The second-order valence-electron chi connectivity index (χ2n) is 3.45. The van der Waals surface area contributed by atoms with Crippen LogP contribution in [0.4, 0.5) is 0 Å². The number of rotatable bonds is 3. The third-order valence-corrected chi connectivity index (χ3v) is 2.79. The van der Waals surface area contributed by atoms with Gasteiger partial charge in [0.25, 0.3) is 0 Å². The van der Waals surface area contributed by atoms with E-state index in [-0.39, 0.29) is 11.7 Å². The molecule has 13 heavy (non-hydrogen) atoms. The van der Waals surface area contributed by atoms with Gasteiger partial charge in [0.15, 0.2) is 5.78 Å². The summed E-state index contributed by atoms with van der Waals surface area (Å²) < 4.78 is 0. The topological polar surface area (TPSA) is 17.1 Å². The average Bonchev–Trinajstić information content (AvgIpc) is 3.00. The van der Waals surface area contributed by atoms with Crippen molar-refractivity contribution in [3.05, 3.63) is 35.9 Å². The first-order valence-electron chi connectivity index (χ1n) is 4.52. The fourth-order valence-corrected chi connectivity index (χ4v) is 1.68. The molecule has 1 aliphatic rings. The molecule has 68 valence electrons. The summed E-state index contributed by atoms with van der Waals surface area (Å²) in [7, 11) is 0. The number of halogens is 1. The van der Waals surface area contributed by atoms with Gasteiger partial charge in [-0.2, -0.15) is 0 Å². The van der Waals surface area contributed by atoms with Gasteiger partial charge in [0, 0.05) is 5.92 Å². The third kappa shape index (κ3) is 1.92. The first-order chi connectivity index (χ1) is 6.29.